The van der Waals surface area contributed by atoms with Gasteiger partial charge < -0.3 is 0 Å². The molecule has 0 saturated carbocycles. The number of carbonyl (C=O) groups excluding carboxylic acids is 1. The van der Waals surface area contributed by atoms with Crippen LogP contribution in [0.2, 0.25) is 0 Å². The third-order valence-corrected chi connectivity index (χ3v) is 4.12. The molecule has 0 spiro atoms. The lowest BCUT2D eigenvalue weighted by atomic mass is 10.1. The van der Waals surface area contributed by atoms with E-state index >= 15 is 0 Å². The summed E-state index contributed by atoms with van der Waals surface area (Å²) in [4.78, 5) is 15.5. The normalized spacial score (nSPS) is 18.0. The van der Waals surface area contributed by atoms with Gasteiger partial charge in [-0.05, 0) is 49.8 Å². The van der Waals surface area contributed by atoms with E-state index in [9.17, 15) is 13.2 Å². The summed E-state index contributed by atoms with van der Waals surface area (Å²) in [6, 6.07) is 7.94. The zero-order chi connectivity index (χ0) is 15.5. The maximum absolute atomic E-state index is 12.1. The Balaban J connectivity index is 2.31. The van der Waals surface area contributed by atoms with Crippen molar-refractivity contribution in [2.24, 2.45) is 9.39 Å². The van der Waals surface area contributed by atoms with Crippen molar-refractivity contribution >= 4 is 27.4 Å². The number of carbonyl (C=O) groups is 1. The highest BCUT2D eigenvalue weighted by atomic mass is 32.2. The third-order valence-electron chi connectivity index (χ3n) is 2.74. The maximum atomic E-state index is 12.1. The van der Waals surface area contributed by atoms with E-state index in [4.69, 9.17) is 0 Å². The summed E-state index contributed by atoms with van der Waals surface area (Å²) in [7, 11) is -3.77. The first-order chi connectivity index (χ1) is 9.88. The Kier molecular flexibility index (Phi) is 4.28. The van der Waals surface area contributed by atoms with Gasteiger partial charge in [0.1, 0.15) is 5.84 Å². The fourth-order valence-corrected chi connectivity index (χ4v) is 2.72. The molecule has 21 heavy (non-hydrogen) atoms. The third kappa shape index (κ3) is 3.82. The molecule has 0 amide bonds. The predicted octanol–water partition coefficient (Wildman–Crippen LogP) is 2.32. The molecule has 6 heteroatoms. The molecule has 0 saturated heterocycles. The van der Waals surface area contributed by atoms with Crippen LogP contribution < -0.4 is 0 Å². The van der Waals surface area contributed by atoms with Crippen LogP contribution in [0, 0.1) is 0 Å². The number of aliphatic imine (C=N–C) groups is 1. The number of benzene rings is 1. The second kappa shape index (κ2) is 5.97. The first kappa shape index (κ1) is 15.1. The lowest BCUT2D eigenvalue weighted by Crippen LogP contribution is -2.07. The van der Waals surface area contributed by atoms with Gasteiger partial charge in [-0.3, -0.25) is 4.79 Å². The van der Waals surface area contributed by atoms with Crippen LogP contribution in [-0.4, -0.2) is 25.7 Å². The van der Waals surface area contributed by atoms with Gasteiger partial charge in [-0.25, -0.2) is 4.99 Å². The minimum absolute atomic E-state index is 0.0829. The molecule has 0 bridgehead atoms. The second-order valence-electron chi connectivity index (χ2n) is 4.49. The molecular weight excluding hydrogens is 288 g/mol. The standard InChI is InChI=1S/C15H14N2O3S/c1-11-10-13(8-9-15(11)18)16-12(2)17-21(19,20)14-6-4-3-5-7-14/h3-10H,1-2H3. The van der Waals surface area contributed by atoms with Crippen molar-refractivity contribution in [2.45, 2.75) is 18.7 Å². The van der Waals surface area contributed by atoms with Gasteiger partial charge in [-0.15, -0.1) is 4.40 Å². The highest BCUT2D eigenvalue weighted by molar-refractivity contribution is 7.90. The first-order valence-electron chi connectivity index (χ1n) is 6.24. The van der Waals surface area contributed by atoms with Crippen molar-refractivity contribution in [3.63, 3.8) is 0 Å². The van der Waals surface area contributed by atoms with Gasteiger partial charge >= 0.3 is 0 Å². The summed E-state index contributed by atoms with van der Waals surface area (Å²) < 4.78 is 27.8. The number of amidine groups is 1. The van der Waals surface area contributed by atoms with Crippen LogP contribution in [0.15, 0.2) is 68.4 Å². The molecule has 1 aliphatic rings. The molecule has 1 aromatic rings. The lowest BCUT2D eigenvalue weighted by Gasteiger charge is -2.04. The van der Waals surface area contributed by atoms with Gasteiger partial charge in [0.15, 0.2) is 5.78 Å². The van der Waals surface area contributed by atoms with Crippen LogP contribution in [0.1, 0.15) is 13.8 Å². The lowest BCUT2D eigenvalue weighted by molar-refractivity contribution is -0.111. The van der Waals surface area contributed by atoms with E-state index < -0.39 is 10.0 Å². The summed E-state index contributed by atoms with van der Waals surface area (Å²) in [5.74, 6) is 0.0253. The molecule has 0 unspecified atom stereocenters. The monoisotopic (exact) mass is 302 g/mol. The Morgan fingerprint density at radius 3 is 2.38 bits per heavy atom. The summed E-state index contributed by atoms with van der Waals surface area (Å²) in [6.45, 7) is 3.18. The fourth-order valence-electron chi connectivity index (χ4n) is 1.73. The summed E-state index contributed by atoms with van der Waals surface area (Å²) in [5.41, 5.74) is 1.05. The molecule has 0 aliphatic heterocycles. The second-order valence-corrected chi connectivity index (χ2v) is 6.09. The molecule has 0 N–H and O–H groups in total. The first-order valence-corrected chi connectivity index (χ1v) is 7.68. The van der Waals surface area contributed by atoms with Crippen LogP contribution in [0.3, 0.4) is 0 Å². The van der Waals surface area contributed by atoms with Crippen LogP contribution in [-0.2, 0) is 14.8 Å². The quantitative estimate of drug-likeness (QED) is 0.478. The van der Waals surface area contributed by atoms with Gasteiger partial charge in [0.05, 0.1) is 10.6 Å². The van der Waals surface area contributed by atoms with Gasteiger partial charge in [-0.1, -0.05) is 18.2 Å². The largest absolute Gasteiger partial charge is 0.290 e. The number of hydrogen-bond acceptors (Lipinski definition) is 3. The van der Waals surface area contributed by atoms with Crippen LogP contribution >= 0.6 is 0 Å². The SMILES string of the molecule is CC1=CC(=NC(C)=NS(=O)(=O)c2ccccc2)C=CC1=O. The van der Waals surface area contributed by atoms with E-state index in [1.807, 2.05) is 0 Å². The Bertz CT molecular complexity index is 785. The van der Waals surface area contributed by atoms with Crippen molar-refractivity contribution in [3.05, 3.63) is 54.1 Å². The van der Waals surface area contributed by atoms with Crippen LogP contribution in [0.25, 0.3) is 0 Å². The molecular formula is C15H14N2O3S. The van der Waals surface area contributed by atoms with Crippen LogP contribution in [0.4, 0.5) is 0 Å². The Morgan fingerprint density at radius 2 is 1.76 bits per heavy atom. The Morgan fingerprint density at radius 1 is 1.10 bits per heavy atom. The average Bonchev–Trinajstić information content (AvgIpc) is 2.43. The molecule has 0 atom stereocenters. The minimum Gasteiger partial charge on any atom is -0.290 e. The summed E-state index contributed by atoms with van der Waals surface area (Å²) in [6.07, 6.45) is 4.52. The predicted molar refractivity (Wildman–Crippen MR) is 82.1 cm³/mol. The molecule has 1 aromatic carbocycles. The van der Waals surface area contributed by atoms with E-state index in [-0.39, 0.29) is 16.5 Å². The van der Waals surface area contributed by atoms with Crippen molar-refractivity contribution in [3.8, 4) is 0 Å². The number of hydrogen-bond donors (Lipinski definition) is 0. The average molecular weight is 302 g/mol. The molecule has 1 aliphatic carbocycles. The summed E-state index contributed by atoms with van der Waals surface area (Å²) >= 11 is 0. The fraction of sp³-hybridized carbons (Fsp3) is 0.133. The van der Waals surface area contributed by atoms with Crippen LogP contribution in [0.5, 0.6) is 0 Å². The van der Waals surface area contributed by atoms with E-state index in [0.29, 0.717) is 11.3 Å². The topological polar surface area (TPSA) is 75.9 Å². The molecule has 108 valence electrons. The zero-order valence-electron chi connectivity index (χ0n) is 11.6. The van der Waals surface area contributed by atoms with Gasteiger partial charge in [0.25, 0.3) is 10.0 Å². The van der Waals surface area contributed by atoms with E-state index in [1.54, 1.807) is 31.2 Å². The van der Waals surface area contributed by atoms with Gasteiger partial charge in [0, 0.05) is 0 Å². The minimum atomic E-state index is -3.77. The Hall–Kier alpha value is -2.34. The van der Waals surface area contributed by atoms with Gasteiger partial charge in [-0.2, -0.15) is 8.42 Å². The van der Waals surface area contributed by atoms with E-state index in [1.165, 1.54) is 31.2 Å². The van der Waals surface area contributed by atoms with Crippen molar-refractivity contribution in [2.75, 3.05) is 0 Å². The summed E-state index contributed by atoms with van der Waals surface area (Å²) in [5, 5.41) is 0. The number of rotatable bonds is 2. The van der Waals surface area contributed by atoms with Crippen molar-refractivity contribution < 1.29 is 13.2 Å². The number of allylic oxidation sites excluding steroid dienone is 4. The molecule has 0 radical (unpaired) electrons. The highest BCUT2D eigenvalue weighted by Crippen LogP contribution is 2.12. The van der Waals surface area contributed by atoms with Gasteiger partial charge in [0.2, 0.25) is 0 Å². The number of ketones is 1. The zero-order valence-corrected chi connectivity index (χ0v) is 12.5. The number of sulfonamides is 1. The Labute approximate surface area is 123 Å². The molecule has 0 heterocycles. The van der Waals surface area contributed by atoms with Crippen molar-refractivity contribution in [1.82, 2.24) is 0 Å². The van der Waals surface area contributed by atoms with E-state index in [2.05, 4.69) is 9.39 Å². The highest BCUT2D eigenvalue weighted by Gasteiger charge is 2.12. The molecule has 0 aromatic heterocycles. The smallest absolute Gasteiger partial charge is 0.283 e. The maximum Gasteiger partial charge on any atom is 0.283 e. The molecule has 2 rings (SSSR count). The van der Waals surface area contributed by atoms with Crippen molar-refractivity contribution in [1.29, 1.82) is 0 Å². The molecule has 0 fully saturated rings. The van der Waals surface area contributed by atoms with E-state index in [0.717, 1.165) is 0 Å². The number of nitrogens with zero attached hydrogens (tertiary/aromatic N) is 2. The molecule has 5 nitrogen and oxygen atoms in total.